The van der Waals surface area contributed by atoms with Crippen LogP contribution >= 0.6 is 0 Å². The summed E-state index contributed by atoms with van der Waals surface area (Å²) in [6.07, 6.45) is 0. The van der Waals surface area contributed by atoms with Crippen LogP contribution in [0, 0.1) is 13.8 Å². The van der Waals surface area contributed by atoms with Crippen LogP contribution in [0.4, 0.5) is 11.4 Å². The summed E-state index contributed by atoms with van der Waals surface area (Å²) in [6.45, 7) is 4.95. The van der Waals surface area contributed by atoms with E-state index in [2.05, 4.69) is 0 Å². The zero-order valence-electron chi connectivity index (χ0n) is 18.7. The first kappa shape index (κ1) is 20.9. The molecule has 0 saturated carbocycles. The molecule has 0 aliphatic carbocycles. The summed E-state index contributed by atoms with van der Waals surface area (Å²) in [4.78, 5) is 29.9. The molecule has 2 aliphatic heterocycles. The predicted molar refractivity (Wildman–Crippen MR) is 125 cm³/mol. The van der Waals surface area contributed by atoms with Gasteiger partial charge >= 0.3 is 0 Å². The van der Waals surface area contributed by atoms with E-state index in [0.717, 1.165) is 11.3 Å². The first-order valence-electron chi connectivity index (χ1n) is 10.8. The monoisotopic (exact) mass is 444 g/mol. The standard InChI is InChI=1S/C26H24N2O5/c1-15-6-4-5-7-18(15)28-23(21-10-8-16(2)33-21)22(25(30)26(28)31)24(29)17-9-11-20-19(14-17)27(3)12-13-32-20/h4-11,14,23,29H,12-13H2,1-3H3/b24-22-. The molecule has 1 atom stereocenters. The van der Waals surface area contributed by atoms with Crippen LogP contribution in [0.25, 0.3) is 5.76 Å². The zero-order chi connectivity index (χ0) is 23.3. The second kappa shape index (κ2) is 7.85. The molecule has 5 rings (SSSR count). The average molecular weight is 444 g/mol. The Balaban J connectivity index is 1.70. The van der Waals surface area contributed by atoms with Crippen LogP contribution in [0.1, 0.15) is 28.7 Å². The minimum atomic E-state index is -0.884. The molecule has 3 heterocycles. The predicted octanol–water partition coefficient (Wildman–Crippen LogP) is 4.35. The van der Waals surface area contributed by atoms with Crippen molar-refractivity contribution in [3.8, 4) is 5.75 Å². The highest BCUT2D eigenvalue weighted by molar-refractivity contribution is 6.51. The van der Waals surface area contributed by atoms with Crippen LogP contribution < -0.4 is 14.5 Å². The largest absolute Gasteiger partial charge is 0.507 e. The van der Waals surface area contributed by atoms with Crippen LogP contribution in [0.2, 0.25) is 0 Å². The number of Topliss-reactive ketones (excluding diaryl/α,β-unsaturated/α-hetero) is 1. The molecule has 2 aromatic carbocycles. The number of furan rings is 1. The van der Waals surface area contributed by atoms with Gasteiger partial charge < -0.3 is 19.2 Å². The molecule has 7 nitrogen and oxygen atoms in total. The summed E-state index contributed by atoms with van der Waals surface area (Å²) >= 11 is 0. The normalized spacial score (nSPS) is 19.5. The number of hydrogen-bond donors (Lipinski definition) is 1. The fraction of sp³-hybridized carbons (Fsp3) is 0.231. The Bertz CT molecular complexity index is 1310. The van der Waals surface area contributed by atoms with E-state index in [1.807, 2.05) is 37.1 Å². The van der Waals surface area contributed by atoms with Crippen molar-refractivity contribution in [2.45, 2.75) is 19.9 Å². The number of fused-ring (bicyclic) bond motifs is 1. The van der Waals surface area contributed by atoms with Gasteiger partial charge in [0.15, 0.2) is 0 Å². The van der Waals surface area contributed by atoms with E-state index >= 15 is 0 Å². The van der Waals surface area contributed by atoms with E-state index in [9.17, 15) is 14.7 Å². The second-order valence-corrected chi connectivity index (χ2v) is 8.36. The Morgan fingerprint density at radius 3 is 2.55 bits per heavy atom. The van der Waals surface area contributed by atoms with E-state index in [0.29, 0.717) is 41.7 Å². The number of ether oxygens (including phenoxy) is 1. The Hall–Kier alpha value is -4.00. The molecule has 0 radical (unpaired) electrons. The molecule has 168 valence electrons. The molecule has 33 heavy (non-hydrogen) atoms. The number of likely N-dealkylation sites (N-methyl/N-ethyl adjacent to an activating group) is 1. The number of hydrogen-bond acceptors (Lipinski definition) is 6. The maximum Gasteiger partial charge on any atom is 0.300 e. The van der Waals surface area contributed by atoms with Crippen LogP contribution in [-0.2, 0) is 9.59 Å². The average Bonchev–Trinajstić information content (AvgIpc) is 3.35. The Kier molecular flexibility index (Phi) is 4.96. The van der Waals surface area contributed by atoms with Gasteiger partial charge in [0.1, 0.15) is 35.7 Å². The Morgan fingerprint density at radius 2 is 1.82 bits per heavy atom. The van der Waals surface area contributed by atoms with E-state index < -0.39 is 17.7 Å². The third-order valence-electron chi connectivity index (χ3n) is 6.18. The van der Waals surface area contributed by atoms with Gasteiger partial charge in [0.05, 0.1) is 17.8 Å². The molecular formula is C26H24N2O5. The highest BCUT2D eigenvalue weighted by atomic mass is 16.5. The molecule has 1 N–H and O–H groups in total. The number of para-hydroxylation sites is 1. The lowest BCUT2D eigenvalue weighted by Gasteiger charge is -2.28. The second-order valence-electron chi connectivity index (χ2n) is 8.36. The first-order chi connectivity index (χ1) is 15.9. The van der Waals surface area contributed by atoms with E-state index in [4.69, 9.17) is 9.15 Å². The highest BCUT2D eigenvalue weighted by Gasteiger charge is 2.48. The fourth-order valence-electron chi connectivity index (χ4n) is 4.44. The molecule has 1 unspecified atom stereocenters. The number of carbonyl (C=O) groups excluding carboxylic acids is 2. The van der Waals surface area contributed by atoms with Crippen LogP contribution in [0.15, 0.2) is 64.6 Å². The van der Waals surface area contributed by atoms with Crippen LogP contribution in [0.3, 0.4) is 0 Å². The molecule has 1 amide bonds. The van der Waals surface area contributed by atoms with Gasteiger partial charge in [-0.1, -0.05) is 18.2 Å². The summed E-state index contributed by atoms with van der Waals surface area (Å²) in [5.74, 6) is 0.0624. The number of anilines is 2. The number of nitrogens with zero attached hydrogens (tertiary/aromatic N) is 2. The SMILES string of the molecule is Cc1ccc(C2/C(=C(/O)c3ccc4c(c3)N(C)CCO4)C(=O)C(=O)N2c2ccccc2C)o1. The Morgan fingerprint density at radius 1 is 1.03 bits per heavy atom. The summed E-state index contributed by atoms with van der Waals surface area (Å²) in [5, 5.41) is 11.3. The highest BCUT2D eigenvalue weighted by Crippen LogP contribution is 2.44. The molecule has 2 aliphatic rings. The van der Waals surface area contributed by atoms with Crippen LogP contribution in [0.5, 0.6) is 5.75 Å². The minimum absolute atomic E-state index is 0.00284. The van der Waals surface area contributed by atoms with Crippen molar-refractivity contribution < 1.29 is 23.8 Å². The number of aliphatic hydroxyl groups is 1. The number of aryl methyl sites for hydroxylation is 2. The number of rotatable bonds is 3. The summed E-state index contributed by atoms with van der Waals surface area (Å²) in [7, 11) is 1.94. The number of carbonyl (C=O) groups is 2. The molecule has 1 saturated heterocycles. The van der Waals surface area contributed by atoms with Crippen molar-refractivity contribution in [2.75, 3.05) is 30.0 Å². The van der Waals surface area contributed by atoms with Crippen molar-refractivity contribution >= 4 is 28.8 Å². The molecule has 0 spiro atoms. The number of ketones is 1. The molecular weight excluding hydrogens is 420 g/mol. The third kappa shape index (κ3) is 3.36. The number of benzene rings is 2. The zero-order valence-corrected chi connectivity index (χ0v) is 18.7. The van der Waals surface area contributed by atoms with E-state index in [1.54, 1.807) is 43.3 Å². The Labute approximate surface area is 191 Å². The first-order valence-corrected chi connectivity index (χ1v) is 10.8. The maximum absolute atomic E-state index is 13.3. The van der Waals surface area contributed by atoms with Gasteiger partial charge in [0.25, 0.3) is 11.7 Å². The summed E-state index contributed by atoms with van der Waals surface area (Å²) < 4.78 is 11.5. The van der Waals surface area contributed by atoms with Crippen LogP contribution in [-0.4, -0.2) is 37.0 Å². The summed E-state index contributed by atoms with van der Waals surface area (Å²) in [5.41, 5.74) is 2.67. The lowest BCUT2D eigenvalue weighted by Crippen LogP contribution is -2.29. The maximum atomic E-state index is 13.3. The smallest absolute Gasteiger partial charge is 0.300 e. The van der Waals surface area contributed by atoms with Crippen molar-refractivity contribution in [3.63, 3.8) is 0 Å². The minimum Gasteiger partial charge on any atom is -0.507 e. The van der Waals surface area contributed by atoms with Gasteiger partial charge in [-0.2, -0.15) is 0 Å². The fourth-order valence-corrected chi connectivity index (χ4v) is 4.44. The number of amides is 1. The molecule has 1 aromatic heterocycles. The molecule has 3 aromatic rings. The molecule has 7 heteroatoms. The van der Waals surface area contributed by atoms with E-state index in [1.165, 1.54) is 4.90 Å². The van der Waals surface area contributed by atoms with Gasteiger partial charge in [-0.15, -0.1) is 0 Å². The topological polar surface area (TPSA) is 83.2 Å². The lowest BCUT2D eigenvalue weighted by atomic mass is 9.98. The van der Waals surface area contributed by atoms with Gasteiger partial charge in [0.2, 0.25) is 0 Å². The van der Waals surface area contributed by atoms with Gasteiger partial charge in [0, 0.05) is 18.3 Å². The quantitative estimate of drug-likeness (QED) is 0.367. The van der Waals surface area contributed by atoms with Gasteiger partial charge in [-0.05, 0) is 55.8 Å². The number of aliphatic hydroxyl groups excluding tert-OH is 1. The summed E-state index contributed by atoms with van der Waals surface area (Å²) in [6, 6.07) is 15.2. The van der Waals surface area contributed by atoms with Crippen molar-refractivity contribution in [2.24, 2.45) is 0 Å². The van der Waals surface area contributed by atoms with Crippen molar-refractivity contribution in [1.82, 2.24) is 0 Å². The lowest BCUT2D eigenvalue weighted by molar-refractivity contribution is -0.132. The van der Waals surface area contributed by atoms with Gasteiger partial charge in [-0.25, -0.2) is 0 Å². The van der Waals surface area contributed by atoms with Crippen molar-refractivity contribution in [1.29, 1.82) is 0 Å². The third-order valence-corrected chi connectivity index (χ3v) is 6.18. The van der Waals surface area contributed by atoms with Crippen molar-refractivity contribution in [3.05, 3.63) is 82.8 Å². The van der Waals surface area contributed by atoms with Gasteiger partial charge in [-0.3, -0.25) is 14.5 Å². The molecule has 0 bridgehead atoms. The van der Waals surface area contributed by atoms with E-state index in [-0.39, 0.29) is 11.3 Å². The molecule has 1 fully saturated rings.